The van der Waals surface area contributed by atoms with E-state index in [-0.39, 0.29) is 24.0 Å². The summed E-state index contributed by atoms with van der Waals surface area (Å²) in [6.07, 6.45) is 6.02. The number of rotatable bonds is 9. The Morgan fingerprint density at radius 3 is 2.66 bits per heavy atom. The van der Waals surface area contributed by atoms with Crippen molar-refractivity contribution in [2.45, 2.75) is 64.6 Å². The van der Waals surface area contributed by atoms with E-state index in [1.807, 2.05) is 0 Å². The van der Waals surface area contributed by atoms with Crippen LogP contribution < -0.4 is 10.6 Å². The second-order valence-corrected chi connectivity index (χ2v) is 8.61. The van der Waals surface area contributed by atoms with E-state index < -0.39 is 0 Å². The number of benzene rings is 1. The minimum atomic E-state index is 0. The first-order valence-corrected chi connectivity index (χ1v) is 11.0. The highest BCUT2D eigenvalue weighted by atomic mass is 127. The van der Waals surface area contributed by atoms with E-state index in [9.17, 15) is 0 Å². The molecule has 6 heteroatoms. The number of piperidine rings is 1. The summed E-state index contributed by atoms with van der Waals surface area (Å²) in [5.74, 6) is 0.986. The van der Waals surface area contributed by atoms with Gasteiger partial charge >= 0.3 is 0 Å². The molecular formula is C23H39IN4O. The molecule has 0 aromatic heterocycles. The molecule has 1 aromatic carbocycles. The summed E-state index contributed by atoms with van der Waals surface area (Å²) in [6.45, 7) is 9.32. The molecule has 0 bridgehead atoms. The predicted molar refractivity (Wildman–Crippen MR) is 132 cm³/mol. The van der Waals surface area contributed by atoms with Gasteiger partial charge in [0.2, 0.25) is 0 Å². The molecule has 1 aliphatic heterocycles. The maximum absolute atomic E-state index is 5.27. The number of guanidine groups is 1. The molecule has 1 aliphatic carbocycles. The number of aliphatic imine (C=N–C) groups is 1. The van der Waals surface area contributed by atoms with Gasteiger partial charge in [-0.05, 0) is 56.9 Å². The van der Waals surface area contributed by atoms with Crippen molar-refractivity contribution >= 4 is 29.9 Å². The van der Waals surface area contributed by atoms with E-state index in [1.165, 1.54) is 18.4 Å². The molecule has 0 amide bonds. The molecule has 1 aromatic rings. The lowest BCUT2D eigenvalue weighted by Crippen LogP contribution is -2.51. The first-order chi connectivity index (χ1) is 13.6. The average Bonchev–Trinajstić information content (AvgIpc) is 3.48. The van der Waals surface area contributed by atoms with Crippen molar-refractivity contribution in [3.05, 3.63) is 35.9 Å². The first kappa shape index (κ1) is 24.4. The molecule has 2 fully saturated rings. The van der Waals surface area contributed by atoms with E-state index in [2.05, 4.69) is 59.7 Å². The third-order valence-corrected chi connectivity index (χ3v) is 6.29. The molecule has 1 saturated carbocycles. The van der Waals surface area contributed by atoms with Crippen LogP contribution >= 0.6 is 24.0 Å². The van der Waals surface area contributed by atoms with Crippen LogP contribution in [0.15, 0.2) is 35.3 Å². The molecule has 0 spiro atoms. The number of nitrogens with zero attached hydrogens (tertiary/aromatic N) is 2. The fourth-order valence-electron chi connectivity index (χ4n) is 4.15. The van der Waals surface area contributed by atoms with Crippen LogP contribution in [-0.2, 0) is 11.3 Å². The maximum atomic E-state index is 5.27. The first-order valence-electron chi connectivity index (χ1n) is 11.0. The van der Waals surface area contributed by atoms with Crippen LogP contribution in [0.5, 0.6) is 0 Å². The van der Waals surface area contributed by atoms with Gasteiger partial charge in [0.05, 0.1) is 0 Å². The van der Waals surface area contributed by atoms with Crippen molar-refractivity contribution in [3.8, 4) is 0 Å². The third-order valence-electron chi connectivity index (χ3n) is 6.29. The largest absolute Gasteiger partial charge is 0.385 e. The Kier molecular flexibility index (Phi) is 10.2. The summed E-state index contributed by atoms with van der Waals surface area (Å²) >= 11 is 0. The average molecular weight is 514 g/mol. The smallest absolute Gasteiger partial charge is 0.191 e. The topological polar surface area (TPSA) is 48.9 Å². The number of nitrogens with one attached hydrogen (secondary N) is 2. The number of halogens is 1. The lowest BCUT2D eigenvalue weighted by atomic mass is 9.97. The van der Waals surface area contributed by atoms with Crippen LogP contribution in [0, 0.1) is 5.41 Å². The molecule has 164 valence electrons. The van der Waals surface area contributed by atoms with Crippen molar-refractivity contribution in [2.75, 3.05) is 33.4 Å². The SMILES string of the molecule is CCNC(=NCC1(CCOC)CC1)NC1CCN(Cc2ccccc2)C(C)C1.I. The molecule has 1 heterocycles. The van der Waals surface area contributed by atoms with E-state index >= 15 is 0 Å². The Balaban J connectivity index is 0.00000300. The lowest BCUT2D eigenvalue weighted by molar-refractivity contribution is 0.134. The van der Waals surface area contributed by atoms with Gasteiger partial charge in [-0.1, -0.05) is 30.3 Å². The summed E-state index contributed by atoms with van der Waals surface area (Å²) in [5, 5.41) is 7.16. The predicted octanol–water partition coefficient (Wildman–Crippen LogP) is 4.03. The number of likely N-dealkylation sites (tertiary alicyclic amines) is 1. The second kappa shape index (κ2) is 12.1. The van der Waals surface area contributed by atoms with E-state index in [0.717, 1.165) is 58.0 Å². The zero-order valence-corrected chi connectivity index (χ0v) is 20.7. The summed E-state index contributed by atoms with van der Waals surface area (Å²) in [4.78, 5) is 7.53. The van der Waals surface area contributed by atoms with Crippen molar-refractivity contribution in [1.82, 2.24) is 15.5 Å². The molecule has 0 radical (unpaired) electrons. The number of hydrogen-bond acceptors (Lipinski definition) is 3. The number of methoxy groups -OCH3 is 1. The van der Waals surface area contributed by atoms with E-state index in [1.54, 1.807) is 7.11 Å². The van der Waals surface area contributed by atoms with Gasteiger partial charge in [0, 0.05) is 52.0 Å². The van der Waals surface area contributed by atoms with Crippen LogP contribution in [-0.4, -0.2) is 56.3 Å². The van der Waals surface area contributed by atoms with Gasteiger partial charge < -0.3 is 15.4 Å². The van der Waals surface area contributed by atoms with Gasteiger partial charge in [-0.15, -0.1) is 24.0 Å². The minimum absolute atomic E-state index is 0. The van der Waals surface area contributed by atoms with Crippen molar-refractivity contribution in [3.63, 3.8) is 0 Å². The highest BCUT2D eigenvalue weighted by Gasteiger charge is 2.41. The zero-order chi connectivity index (χ0) is 19.8. The van der Waals surface area contributed by atoms with Gasteiger partial charge in [-0.2, -0.15) is 0 Å². The highest BCUT2D eigenvalue weighted by molar-refractivity contribution is 14.0. The molecule has 2 N–H and O–H groups in total. The van der Waals surface area contributed by atoms with Gasteiger partial charge in [-0.25, -0.2) is 0 Å². The van der Waals surface area contributed by atoms with Crippen molar-refractivity contribution in [1.29, 1.82) is 0 Å². The summed E-state index contributed by atoms with van der Waals surface area (Å²) in [6, 6.07) is 11.9. The van der Waals surface area contributed by atoms with Crippen molar-refractivity contribution < 1.29 is 4.74 Å². The molecule has 2 unspecified atom stereocenters. The normalized spacial score (nSPS) is 23.9. The number of ether oxygens (including phenoxy) is 1. The molecule has 2 aliphatic rings. The number of hydrogen-bond donors (Lipinski definition) is 2. The van der Waals surface area contributed by atoms with Crippen LogP contribution in [0.2, 0.25) is 0 Å². The fraction of sp³-hybridized carbons (Fsp3) is 0.696. The van der Waals surface area contributed by atoms with Crippen LogP contribution in [0.3, 0.4) is 0 Å². The summed E-state index contributed by atoms with van der Waals surface area (Å²) in [5.41, 5.74) is 1.80. The lowest BCUT2D eigenvalue weighted by Gasteiger charge is -2.38. The fourth-order valence-corrected chi connectivity index (χ4v) is 4.15. The van der Waals surface area contributed by atoms with Crippen molar-refractivity contribution in [2.24, 2.45) is 10.4 Å². The Morgan fingerprint density at radius 2 is 2.03 bits per heavy atom. The quantitative estimate of drug-likeness (QED) is 0.297. The van der Waals surface area contributed by atoms with Crippen LogP contribution in [0.25, 0.3) is 0 Å². The monoisotopic (exact) mass is 514 g/mol. The molecule has 2 atom stereocenters. The van der Waals surface area contributed by atoms with Crippen LogP contribution in [0.4, 0.5) is 0 Å². The molecular weight excluding hydrogens is 475 g/mol. The van der Waals surface area contributed by atoms with E-state index in [0.29, 0.717) is 17.5 Å². The maximum Gasteiger partial charge on any atom is 0.191 e. The molecule has 1 saturated heterocycles. The Hall–Kier alpha value is -0.860. The van der Waals surface area contributed by atoms with Gasteiger partial charge in [0.15, 0.2) is 5.96 Å². The molecule has 5 nitrogen and oxygen atoms in total. The summed E-state index contributed by atoms with van der Waals surface area (Å²) in [7, 11) is 1.79. The third kappa shape index (κ3) is 7.72. The Bertz CT molecular complexity index is 621. The second-order valence-electron chi connectivity index (χ2n) is 8.61. The van der Waals surface area contributed by atoms with E-state index in [4.69, 9.17) is 9.73 Å². The molecule has 3 rings (SSSR count). The Morgan fingerprint density at radius 1 is 1.28 bits per heavy atom. The summed E-state index contributed by atoms with van der Waals surface area (Å²) < 4.78 is 5.27. The minimum Gasteiger partial charge on any atom is -0.385 e. The van der Waals surface area contributed by atoms with Gasteiger partial charge in [0.1, 0.15) is 0 Å². The van der Waals surface area contributed by atoms with Crippen LogP contribution in [0.1, 0.15) is 51.5 Å². The standard InChI is InChI=1S/C23H38N4O.HI/c1-4-24-22(25-18-23(11-12-23)13-15-28-3)26-21-10-14-27(19(2)16-21)17-20-8-6-5-7-9-20;/h5-9,19,21H,4,10-18H2,1-3H3,(H2,24,25,26);1H. The molecule has 29 heavy (non-hydrogen) atoms. The highest BCUT2D eigenvalue weighted by Crippen LogP contribution is 2.48. The van der Waals surface area contributed by atoms with Gasteiger partial charge in [-0.3, -0.25) is 9.89 Å². The van der Waals surface area contributed by atoms with Gasteiger partial charge in [0.25, 0.3) is 0 Å². The zero-order valence-electron chi connectivity index (χ0n) is 18.3. The Labute approximate surface area is 194 Å².